The third kappa shape index (κ3) is 3.92. The van der Waals surface area contributed by atoms with Gasteiger partial charge in [0.05, 0.1) is 6.54 Å². The number of aromatic hydroxyl groups is 1. The molecule has 26 heavy (non-hydrogen) atoms. The number of amides is 1. The van der Waals surface area contributed by atoms with Crippen molar-refractivity contribution in [3.05, 3.63) is 40.0 Å². The number of aromatic nitrogens is 3. The second-order valence-electron chi connectivity index (χ2n) is 6.58. The van der Waals surface area contributed by atoms with Crippen LogP contribution in [-0.2, 0) is 23.8 Å². The summed E-state index contributed by atoms with van der Waals surface area (Å²) in [7, 11) is 1.76. The molecule has 0 saturated carbocycles. The first-order valence-corrected chi connectivity index (χ1v) is 9.58. The SMILES string of the molecule is Cc1cc(=O)c(O)c(C2(CC(=O)NCc3ncn(C)n3)CCSCC2)o1. The second kappa shape index (κ2) is 7.53. The highest BCUT2D eigenvalue weighted by Crippen LogP contribution is 2.43. The van der Waals surface area contributed by atoms with Crippen molar-refractivity contribution in [1.82, 2.24) is 20.1 Å². The fourth-order valence-electron chi connectivity index (χ4n) is 3.22. The van der Waals surface area contributed by atoms with E-state index >= 15 is 0 Å². The summed E-state index contributed by atoms with van der Waals surface area (Å²) in [6.07, 6.45) is 3.03. The van der Waals surface area contributed by atoms with Gasteiger partial charge in [0.1, 0.15) is 12.1 Å². The minimum absolute atomic E-state index is 0.139. The number of aryl methyl sites for hydroxylation is 2. The maximum atomic E-state index is 12.6. The molecule has 0 unspecified atom stereocenters. The van der Waals surface area contributed by atoms with E-state index in [9.17, 15) is 14.7 Å². The van der Waals surface area contributed by atoms with Crippen molar-refractivity contribution >= 4 is 17.7 Å². The summed E-state index contributed by atoms with van der Waals surface area (Å²) in [6, 6.07) is 1.26. The van der Waals surface area contributed by atoms with Gasteiger partial charge < -0.3 is 14.8 Å². The molecule has 0 bridgehead atoms. The van der Waals surface area contributed by atoms with E-state index in [2.05, 4.69) is 15.4 Å². The molecule has 3 rings (SSSR count). The van der Waals surface area contributed by atoms with Gasteiger partial charge in [0.25, 0.3) is 0 Å². The Bertz CT molecular complexity index is 855. The lowest BCUT2D eigenvalue weighted by atomic mass is 9.75. The molecule has 0 spiro atoms. The number of hydrogen-bond donors (Lipinski definition) is 2. The van der Waals surface area contributed by atoms with Crippen LogP contribution in [0.4, 0.5) is 0 Å². The zero-order chi connectivity index (χ0) is 18.7. The summed E-state index contributed by atoms with van der Waals surface area (Å²) in [6.45, 7) is 1.90. The number of rotatable bonds is 5. The maximum absolute atomic E-state index is 12.6. The Kier molecular flexibility index (Phi) is 5.36. The minimum atomic E-state index is -0.678. The number of nitrogens with zero attached hydrogens (tertiary/aromatic N) is 3. The fourth-order valence-corrected chi connectivity index (χ4v) is 4.50. The lowest BCUT2D eigenvalue weighted by Crippen LogP contribution is -2.38. The van der Waals surface area contributed by atoms with Gasteiger partial charge in [-0.2, -0.15) is 16.9 Å². The normalized spacial score (nSPS) is 16.4. The van der Waals surface area contributed by atoms with Gasteiger partial charge in [0.15, 0.2) is 11.6 Å². The zero-order valence-electron chi connectivity index (χ0n) is 14.8. The van der Waals surface area contributed by atoms with Crippen molar-refractivity contribution in [3.63, 3.8) is 0 Å². The van der Waals surface area contributed by atoms with Crippen LogP contribution in [0.5, 0.6) is 5.75 Å². The molecule has 0 aliphatic carbocycles. The first-order chi connectivity index (χ1) is 12.4. The predicted octanol–water partition coefficient (Wildman–Crippen LogP) is 1.25. The molecule has 2 aromatic heterocycles. The van der Waals surface area contributed by atoms with Gasteiger partial charge in [-0.1, -0.05) is 0 Å². The van der Waals surface area contributed by atoms with Crippen LogP contribution in [0, 0.1) is 6.92 Å². The Morgan fingerprint density at radius 3 is 2.85 bits per heavy atom. The van der Waals surface area contributed by atoms with E-state index in [4.69, 9.17) is 4.42 Å². The van der Waals surface area contributed by atoms with E-state index in [0.29, 0.717) is 24.4 Å². The van der Waals surface area contributed by atoms with Gasteiger partial charge >= 0.3 is 0 Å². The van der Waals surface area contributed by atoms with Gasteiger partial charge in [-0.15, -0.1) is 0 Å². The lowest BCUT2D eigenvalue weighted by molar-refractivity contribution is -0.122. The van der Waals surface area contributed by atoms with E-state index in [1.807, 2.05) is 0 Å². The van der Waals surface area contributed by atoms with Gasteiger partial charge in [-0.25, -0.2) is 4.98 Å². The summed E-state index contributed by atoms with van der Waals surface area (Å²) in [5, 5.41) is 17.2. The summed E-state index contributed by atoms with van der Waals surface area (Å²) in [5.41, 5.74) is -1.15. The largest absolute Gasteiger partial charge is 0.502 e. The first-order valence-electron chi connectivity index (χ1n) is 8.43. The Morgan fingerprint density at radius 1 is 1.46 bits per heavy atom. The fraction of sp³-hybridized carbons (Fsp3) is 0.529. The van der Waals surface area contributed by atoms with Crippen molar-refractivity contribution in [2.45, 2.75) is 38.1 Å². The molecule has 2 N–H and O–H groups in total. The molecule has 1 fully saturated rings. The third-order valence-corrected chi connectivity index (χ3v) is 5.55. The van der Waals surface area contributed by atoms with E-state index in [1.54, 1.807) is 36.7 Å². The van der Waals surface area contributed by atoms with Gasteiger partial charge in [-0.05, 0) is 31.3 Å². The van der Waals surface area contributed by atoms with Crippen molar-refractivity contribution < 1.29 is 14.3 Å². The molecule has 0 aromatic carbocycles. The Hall–Kier alpha value is -2.29. The zero-order valence-corrected chi connectivity index (χ0v) is 15.6. The van der Waals surface area contributed by atoms with E-state index in [1.165, 1.54) is 6.07 Å². The number of carbonyl (C=O) groups excluding carboxylic acids is 1. The average molecular weight is 378 g/mol. The van der Waals surface area contributed by atoms with Crippen LogP contribution >= 0.6 is 11.8 Å². The number of nitrogens with one attached hydrogen (secondary N) is 1. The van der Waals surface area contributed by atoms with Crippen LogP contribution in [0.3, 0.4) is 0 Å². The monoisotopic (exact) mass is 378 g/mol. The van der Waals surface area contributed by atoms with Crippen LogP contribution < -0.4 is 10.7 Å². The van der Waals surface area contributed by atoms with E-state index < -0.39 is 10.8 Å². The number of thioether (sulfide) groups is 1. The molecule has 1 saturated heterocycles. The topological polar surface area (TPSA) is 110 Å². The van der Waals surface area contributed by atoms with Crippen molar-refractivity contribution in [2.24, 2.45) is 7.05 Å². The molecule has 9 heteroatoms. The quantitative estimate of drug-likeness (QED) is 0.806. The van der Waals surface area contributed by atoms with Crippen LogP contribution in [-0.4, -0.2) is 37.3 Å². The molecule has 2 aromatic rings. The molecule has 1 amide bonds. The molecular formula is C17H22N4O4S. The average Bonchev–Trinajstić information content (AvgIpc) is 3.02. The highest BCUT2D eigenvalue weighted by atomic mass is 32.2. The van der Waals surface area contributed by atoms with Gasteiger partial charge in [0, 0.05) is 24.9 Å². The van der Waals surface area contributed by atoms with Crippen LogP contribution in [0.1, 0.15) is 36.6 Å². The van der Waals surface area contributed by atoms with Crippen molar-refractivity contribution in [2.75, 3.05) is 11.5 Å². The van der Waals surface area contributed by atoms with Crippen LogP contribution in [0.25, 0.3) is 0 Å². The Labute approximate surface area is 155 Å². The molecule has 1 aliphatic rings. The summed E-state index contributed by atoms with van der Waals surface area (Å²) in [4.78, 5) is 28.7. The Balaban J connectivity index is 1.81. The molecule has 3 heterocycles. The molecular weight excluding hydrogens is 356 g/mol. The minimum Gasteiger partial charge on any atom is -0.502 e. The molecule has 0 atom stereocenters. The molecule has 1 aliphatic heterocycles. The van der Waals surface area contributed by atoms with Crippen molar-refractivity contribution in [3.8, 4) is 5.75 Å². The van der Waals surface area contributed by atoms with Crippen LogP contribution in [0.2, 0.25) is 0 Å². The lowest BCUT2D eigenvalue weighted by Gasteiger charge is -2.35. The summed E-state index contributed by atoms with van der Waals surface area (Å²) in [5.74, 6) is 2.29. The highest BCUT2D eigenvalue weighted by Gasteiger charge is 2.41. The van der Waals surface area contributed by atoms with E-state index in [0.717, 1.165) is 11.5 Å². The van der Waals surface area contributed by atoms with E-state index in [-0.39, 0.29) is 30.4 Å². The molecule has 0 radical (unpaired) electrons. The van der Waals surface area contributed by atoms with Crippen LogP contribution in [0.15, 0.2) is 21.6 Å². The van der Waals surface area contributed by atoms with Gasteiger partial charge in [0.2, 0.25) is 17.1 Å². The summed E-state index contributed by atoms with van der Waals surface area (Å²) < 4.78 is 7.30. The standard InChI is InChI=1S/C17H22N4O4S/c1-11-7-12(22)15(24)16(25-11)17(3-5-26-6-4-17)8-14(23)18-9-13-19-10-21(2)20-13/h7,10,24H,3-6,8-9H2,1-2H3,(H,18,23). The molecule has 140 valence electrons. The van der Waals surface area contributed by atoms with Crippen molar-refractivity contribution in [1.29, 1.82) is 0 Å². The number of carbonyl (C=O) groups is 1. The first kappa shape index (κ1) is 18.5. The second-order valence-corrected chi connectivity index (χ2v) is 7.80. The third-order valence-electron chi connectivity index (χ3n) is 4.57. The maximum Gasteiger partial charge on any atom is 0.227 e. The predicted molar refractivity (Wildman–Crippen MR) is 97.1 cm³/mol. The van der Waals surface area contributed by atoms with Gasteiger partial charge in [-0.3, -0.25) is 14.3 Å². The molecule has 8 nitrogen and oxygen atoms in total. The Morgan fingerprint density at radius 2 is 2.19 bits per heavy atom. The smallest absolute Gasteiger partial charge is 0.227 e. The number of hydrogen-bond acceptors (Lipinski definition) is 7. The summed E-state index contributed by atoms with van der Waals surface area (Å²) >= 11 is 1.79. The highest BCUT2D eigenvalue weighted by molar-refractivity contribution is 7.99.